The van der Waals surface area contributed by atoms with E-state index >= 15 is 0 Å². The van der Waals surface area contributed by atoms with Crippen molar-refractivity contribution in [2.75, 3.05) is 38.4 Å². The Morgan fingerprint density at radius 1 is 1.70 bits per heavy atom. The normalized spacial score (nSPS) is 21.1. The van der Waals surface area contributed by atoms with E-state index in [-0.39, 0.29) is 12.1 Å². The Kier molecular flexibility index (Phi) is 6.64. The minimum Gasteiger partial charge on any atom is -0.383 e. The molecule has 1 aliphatic rings. The number of nitrogens with zero attached hydrogens (tertiary/aromatic N) is 2. The fourth-order valence-electron chi connectivity index (χ4n) is 2.36. The lowest BCUT2D eigenvalue weighted by Crippen LogP contribution is -2.39. The van der Waals surface area contributed by atoms with Gasteiger partial charge in [-0.05, 0) is 6.54 Å². The third kappa shape index (κ3) is 3.89. The predicted molar refractivity (Wildman–Crippen MR) is 82.6 cm³/mol. The number of rotatable bonds is 7. The first-order valence-corrected chi connectivity index (χ1v) is 8.44. The van der Waals surface area contributed by atoms with E-state index in [0.717, 1.165) is 30.4 Å². The zero-order chi connectivity index (χ0) is 14.4. The molecule has 114 valence electrons. The number of nitrogens with one attached hydrogen (secondary N) is 1. The fourth-order valence-corrected chi connectivity index (χ4v) is 3.52. The van der Waals surface area contributed by atoms with Gasteiger partial charge in [0.1, 0.15) is 0 Å². The van der Waals surface area contributed by atoms with E-state index in [1.807, 2.05) is 16.4 Å². The Bertz CT molecular complexity index is 410. The number of thioether (sulfide) groups is 1. The Hall–Kier alpha value is -0.270. The monoisotopic (exact) mass is 319 g/mol. The molecule has 1 aromatic heterocycles. The van der Waals surface area contributed by atoms with Crippen molar-refractivity contribution in [3.63, 3.8) is 0 Å². The number of ether oxygens (including phenoxy) is 2. The second-order valence-electron chi connectivity index (χ2n) is 4.61. The maximum absolute atomic E-state index is 6.35. The highest BCUT2D eigenvalue weighted by Crippen LogP contribution is 2.30. The first kappa shape index (κ1) is 16.1. The van der Waals surface area contributed by atoms with Gasteiger partial charge >= 0.3 is 0 Å². The van der Waals surface area contributed by atoms with E-state index in [2.05, 4.69) is 17.3 Å². The van der Waals surface area contributed by atoms with Crippen LogP contribution in [0.15, 0.2) is 6.20 Å². The van der Waals surface area contributed by atoms with Gasteiger partial charge in [-0.3, -0.25) is 4.68 Å². The number of hydrogen-bond acceptors (Lipinski definition) is 5. The summed E-state index contributed by atoms with van der Waals surface area (Å²) < 4.78 is 13.0. The summed E-state index contributed by atoms with van der Waals surface area (Å²) in [5.74, 6) is 2.04. The lowest BCUT2D eigenvalue weighted by Gasteiger charge is -2.31. The summed E-state index contributed by atoms with van der Waals surface area (Å²) >= 11 is 8.27. The van der Waals surface area contributed by atoms with Crippen LogP contribution in [0.4, 0.5) is 0 Å². The predicted octanol–water partition coefficient (Wildman–Crippen LogP) is 1.97. The van der Waals surface area contributed by atoms with E-state index < -0.39 is 0 Å². The van der Waals surface area contributed by atoms with Crippen LogP contribution in [0.25, 0.3) is 0 Å². The quantitative estimate of drug-likeness (QED) is 0.832. The van der Waals surface area contributed by atoms with Crippen molar-refractivity contribution >= 4 is 23.4 Å². The maximum Gasteiger partial charge on any atom is 0.0876 e. The molecule has 1 fully saturated rings. The van der Waals surface area contributed by atoms with E-state index in [9.17, 15) is 0 Å². The number of aromatic nitrogens is 2. The van der Waals surface area contributed by atoms with Crippen LogP contribution in [-0.2, 0) is 16.0 Å². The van der Waals surface area contributed by atoms with Gasteiger partial charge in [-0.15, -0.1) is 0 Å². The molecule has 0 bridgehead atoms. The third-order valence-electron chi connectivity index (χ3n) is 3.27. The molecule has 1 N–H and O–H groups in total. The van der Waals surface area contributed by atoms with Crippen LogP contribution in [0.3, 0.4) is 0 Å². The fraction of sp³-hybridized carbons (Fsp3) is 0.769. The van der Waals surface area contributed by atoms with Crippen LogP contribution in [-0.4, -0.2) is 54.3 Å². The number of halogens is 1. The van der Waals surface area contributed by atoms with E-state index in [1.54, 1.807) is 13.3 Å². The molecule has 2 rings (SSSR count). The largest absolute Gasteiger partial charge is 0.383 e. The second-order valence-corrected chi connectivity index (χ2v) is 6.17. The van der Waals surface area contributed by atoms with Gasteiger partial charge in [-0.2, -0.15) is 16.9 Å². The van der Waals surface area contributed by atoms with Gasteiger partial charge in [-0.1, -0.05) is 18.5 Å². The summed E-state index contributed by atoms with van der Waals surface area (Å²) in [5.41, 5.74) is 0.998. The lowest BCUT2D eigenvalue weighted by atomic mass is 10.1. The molecule has 0 spiro atoms. The van der Waals surface area contributed by atoms with Crippen LogP contribution >= 0.6 is 23.4 Å². The third-order valence-corrected chi connectivity index (χ3v) is 4.58. The van der Waals surface area contributed by atoms with E-state index in [0.29, 0.717) is 18.2 Å². The highest BCUT2D eigenvalue weighted by molar-refractivity contribution is 7.99. The molecule has 0 aliphatic carbocycles. The van der Waals surface area contributed by atoms with Gasteiger partial charge < -0.3 is 14.8 Å². The van der Waals surface area contributed by atoms with Gasteiger partial charge in [0.05, 0.1) is 48.8 Å². The van der Waals surface area contributed by atoms with Crippen LogP contribution in [0.5, 0.6) is 0 Å². The number of methoxy groups -OCH3 is 1. The Labute approximate surface area is 129 Å². The average Bonchev–Trinajstić information content (AvgIpc) is 2.84. The first-order valence-electron chi connectivity index (χ1n) is 6.90. The minimum absolute atomic E-state index is 0.0691. The van der Waals surface area contributed by atoms with Crippen molar-refractivity contribution in [3.8, 4) is 0 Å². The van der Waals surface area contributed by atoms with Crippen molar-refractivity contribution in [1.29, 1.82) is 0 Å². The van der Waals surface area contributed by atoms with E-state index in [4.69, 9.17) is 21.1 Å². The molecule has 2 heterocycles. The second kappa shape index (κ2) is 8.24. The lowest BCUT2D eigenvalue weighted by molar-refractivity contribution is 0.0444. The molecular weight excluding hydrogens is 298 g/mol. The molecule has 5 nitrogen and oxygen atoms in total. The number of hydrogen-bond donors (Lipinski definition) is 1. The molecule has 0 saturated carbocycles. The smallest absolute Gasteiger partial charge is 0.0876 e. The number of likely N-dealkylation sites (N-methyl/N-ethyl adjacent to an activating group) is 1. The van der Waals surface area contributed by atoms with Gasteiger partial charge in [-0.25, -0.2) is 0 Å². The standard InChI is InChI=1S/C13H22ClN3O2S/c1-3-15-12(11-9-20-7-6-19-11)13-10(14)8-16-17(13)4-5-18-2/h8,11-12,15H,3-7,9H2,1-2H3. The zero-order valence-corrected chi connectivity index (χ0v) is 13.5. The van der Waals surface area contributed by atoms with Crippen molar-refractivity contribution in [2.24, 2.45) is 0 Å². The topological polar surface area (TPSA) is 48.3 Å². The SMILES string of the molecule is CCNC(c1c(Cl)cnn1CCOC)C1CSCCO1. The van der Waals surface area contributed by atoms with Crippen molar-refractivity contribution in [2.45, 2.75) is 25.6 Å². The Morgan fingerprint density at radius 2 is 2.55 bits per heavy atom. The van der Waals surface area contributed by atoms with Crippen molar-refractivity contribution in [1.82, 2.24) is 15.1 Å². The van der Waals surface area contributed by atoms with Gasteiger partial charge in [0.25, 0.3) is 0 Å². The van der Waals surface area contributed by atoms with Gasteiger partial charge in [0.2, 0.25) is 0 Å². The van der Waals surface area contributed by atoms with Gasteiger partial charge in [0, 0.05) is 18.6 Å². The average molecular weight is 320 g/mol. The van der Waals surface area contributed by atoms with Crippen molar-refractivity contribution < 1.29 is 9.47 Å². The highest BCUT2D eigenvalue weighted by atomic mass is 35.5. The van der Waals surface area contributed by atoms with E-state index in [1.165, 1.54) is 0 Å². The van der Waals surface area contributed by atoms with Crippen LogP contribution in [0, 0.1) is 0 Å². The molecule has 1 aliphatic heterocycles. The molecule has 1 aromatic rings. The molecule has 0 aromatic carbocycles. The Balaban J connectivity index is 2.20. The molecular formula is C13H22ClN3O2S. The van der Waals surface area contributed by atoms with Crippen LogP contribution in [0.1, 0.15) is 18.7 Å². The summed E-state index contributed by atoms with van der Waals surface area (Å²) in [4.78, 5) is 0. The molecule has 2 atom stereocenters. The van der Waals surface area contributed by atoms with Gasteiger partial charge in [0.15, 0.2) is 0 Å². The summed E-state index contributed by atoms with van der Waals surface area (Å²) in [6.45, 7) is 5.05. The summed E-state index contributed by atoms with van der Waals surface area (Å²) in [6, 6.07) is 0.0691. The highest BCUT2D eigenvalue weighted by Gasteiger charge is 2.30. The summed E-state index contributed by atoms with van der Waals surface area (Å²) in [6.07, 6.45) is 1.83. The zero-order valence-electron chi connectivity index (χ0n) is 12.0. The molecule has 1 saturated heterocycles. The molecule has 2 unspecified atom stereocenters. The first-order chi connectivity index (χ1) is 9.77. The molecule has 0 amide bonds. The summed E-state index contributed by atoms with van der Waals surface area (Å²) in [7, 11) is 1.69. The minimum atomic E-state index is 0.0691. The molecule has 7 heteroatoms. The molecule has 20 heavy (non-hydrogen) atoms. The Morgan fingerprint density at radius 3 is 3.20 bits per heavy atom. The van der Waals surface area contributed by atoms with Crippen LogP contribution < -0.4 is 5.32 Å². The maximum atomic E-state index is 6.35. The van der Waals surface area contributed by atoms with Crippen molar-refractivity contribution in [3.05, 3.63) is 16.9 Å². The van der Waals surface area contributed by atoms with Crippen LogP contribution in [0.2, 0.25) is 5.02 Å². The molecule has 0 radical (unpaired) electrons. The summed E-state index contributed by atoms with van der Waals surface area (Å²) in [5, 5.41) is 8.53.